The van der Waals surface area contributed by atoms with Gasteiger partial charge in [0.15, 0.2) is 11.3 Å². The van der Waals surface area contributed by atoms with Gasteiger partial charge in [0, 0.05) is 0 Å². The summed E-state index contributed by atoms with van der Waals surface area (Å²) in [6.07, 6.45) is 4.68. The van der Waals surface area contributed by atoms with E-state index in [9.17, 15) is 0 Å². The third-order valence-corrected chi connectivity index (χ3v) is 1.73. The minimum absolute atomic E-state index is 0.587. The van der Waals surface area contributed by atoms with Crippen molar-refractivity contribution in [1.82, 2.24) is 30.1 Å². The lowest BCUT2D eigenvalue weighted by molar-refractivity contribution is 1.10. The summed E-state index contributed by atoms with van der Waals surface area (Å²) < 4.78 is 0. The van der Waals surface area contributed by atoms with E-state index in [1.165, 1.54) is 6.33 Å². The molecule has 6 nitrogen and oxygen atoms in total. The number of hydrogen-bond acceptors (Lipinski definition) is 5. The SMILES string of the molecule is c1ncc2nc3[nH]ncc3nc2n1. The second-order valence-corrected chi connectivity index (χ2v) is 2.56. The number of nitrogens with one attached hydrogen (secondary N) is 1. The van der Waals surface area contributed by atoms with Crippen molar-refractivity contribution in [2.24, 2.45) is 0 Å². The zero-order valence-corrected chi connectivity index (χ0v) is 6.47. The summed E-state index contributed by atoms with van der Waals surface area (Å²) >= 11 is 0. The van der Waals surface area contributed by atoms with Crippen LogP contribution in [0.3, 0.4) is 0 Å². The van der Waals surface area contributed by atoms with Gasteiger partial charge in [-0.05, 0) is 0 Å². The van der Waals surface area contributed by atoms with Gasteiger partial charge in [-0.15, -0.1) is 0 Å². The molecule has 0 bridgehead atoms. The van der Waals surface area contributed by atoms with Crippen molar-refractivity contribution in [2.75, 3.05) is 0 Å². The number of aromatic nitrogens is 6. The number of fused-ring (bicyclic) bond motifs is 2. The number of nitrogens with zero attached hydrogens (tertiary/aromatic N) is 5. The Morgan fingerprint density at radius 3 is 3.08 bits per heavy atom. The van der Waals surface area contributed by atoms with E-state index in [0.717, 1.165) is 0 Å². The van der Waals surface area contributed by atoms with Crippen LogP contribution in [0.4, 0.5) is 0 Å². The summed E-state index contributed by atoms with van der Waals surface area (Å²) in [5, 5.41) is 6.56. The first-order valence-electron chi connectivity index (χ1n) is 3.70. The summed E-state index contributed by atoms with van der Waals surface area (Å²) in [7, 11) is 0. The fraction of sp³-hybridized carbons (Fsp3) is 0. The lowest BCUT2D eigenvalue weighted by Crippen LogP contribution is -1.89. The average molecular weight is 172 g/mol. The normalized spacial score (nSPS) is 11.1. The van der Waals surface area contributed by atoms with Crippen LogP contribution >= 0.6 is 0 Å². The van der Waals surface area contributed by atoms with Gasteiger partial charge >= 0.3 is 0 Å². The Labute approximate surface area is 72.1 Å². The van der Waals surface area contributed by atoms with Crippen LogP contribution in [0.2, 0.25) is 0 Å². The van der Waals surface area contributed by atoms with Crippen LogP contribution in [0.5, 0.6) is 0 Å². The van der Waals surface area contributed by atoms with Gasteiger partial charge < -0.3 is 0 Å². The van der Waals surface area contributed by atoms with Gasteiger partial charge in [0.25, 0.3) is 0 Å². The number of rotatable bonds is 0. The molecule has 0 radical (unpaired) electrons. The highest BCUT2D eigenvalue weighted by molar-refractivity contribution is 5.80. The molecule has 0 fully saturated rings. The molecule has 3 rings (SSSR count). The minimum Gasteiger partial charge on any atom is -0.259 e. The maximum absolute atomic E-state index is 4.23. The lowest BCUT2D eigenvalue weighted by atomic mass is 10.5. The summed E-state index contributed by atoms with van der Waals surface area (Å²) in [5.74, 6) is 0. The van der Waals surface area contributed by atoms with Crippen LogP contribution in [0.25, 0.3) is 22.3 Å². The smallest absolute Gasteiger partial charge is 0.182 e. The monoisotopic (exact) mass is 172 g/mol. The number of H-pyrrole nitrogens is 1. The quantitative estimate of drug-likeness (QED) is 0.527. The van der Waals surface area contributed by atoms with E-state index in [4.69, 9.17) is 0 Å². The Balaban J connectivity index is 2.57. The molecule has 3 heterocycles. The first-order chi connectivity index (χ1) is 6.43. The molecular formula is C7H4N6. The van der Waals surface area contributed by atoms with Crippen LogP contribution in [-0.2, 0) is 0 Å². The predicted molar refractivity (Wildman–Crippen MR) is 44.8 cm³/mol. The van der Waals surface area contributed by atoms with Crippen molar-refractivity contribution >= 4 is 22.3 Å². The lowest BCUT2D eigenvalue weighted by Gasteiger charge is -1.92. The largest absolute Gasteiger partial charge is 0.259 e. The fourth-order valence-corrected chi connectivity index (χ4v) is 1.15. The van der Waals surface area contributed by atoms with Gasteiger partial charge in [0.1, 0.15) is 17.4 Å². The molecule has 62 valence electrons. The van der Waals surface area contributed by atoms with Gasteiger partial charge in [-0.2, -0.15) is 5.10 Å². The highest BCUT2D eigenvalue weighted by Gasteiger charge is 2.02. The molecular weight excluding hydrogens is 168 g/mol. The average Bonchev–Trinajstić information content (AvgIpc) is 2.61. The van der Waals surface area contributed by atoms with Gasteiger partial charge in [-0.25, -0.2) is 19.9 Å². The maximum atomic E-state index is 4.23. The predicted octanol–water partition coefficient (Wildman–Crippen LogP) is 0.296. The highest BCUT2D eigenvalue weighted by Crippen LogP contribution is 2.09. The molecule has 0 spiro atoms. The van der Waals surface area contributed by atoms with Crippen LogP contribution in [-0.4, -0.2) is 30.1 Å². The molecule has 0 aromatic carbocycles. The van der Waals surface area contributed by atoms with Crippen molar-refractivity contribution in [1.29, 1.82) is 0 Å². The molecule has 0 aliphatic carbocycles. The molecule has 6 heteroatoms. The fourth-order valence-electron chi connectivity index (χ4n) is 1.15. The highest BCUT2D eigenvalue weighted by atomic mass is 15.2. The molecule has 0 saturated carbocycles. The Morgan fingerprint density at radius 1 is 1.08 bits per heavy atom. The van der Waals surface area contributed by atoms with Gasteiger partial charge in [-0.3, -0.25) is 5.10 Å². The first kappa shape index (κ1) is 6.41. The van der Waals surface area contributed by atoms with E-state index in [-0.39, 0.29) is 0 Å². The molecule has 0 aliphatic heterocycles. The molecule has 3 aromatic rings. The van der Waals surface area contributed by atoms with Crippen molar-refractivity contribution in [3.63, 3.8) is 0 Å². The van der Waals surface area contributed by atoms with Crippen molar-refractivity contribution < 1.29 is 0 Å². The summed E-state index contributed by atoms with van der Waals surface area (Å²) in [6.45, 7) is 0. The zero-order chi connectivity index (χ0) is 8.67. The Hall–Kier alpha value is -2.11. The third-order valence-electron chi connectivity index (χ3n) is 1.73. The topological polar surface area (TPSA) is 80.2 Å². The molecule has 0 atom stereocenters. The Kier molecular flexibility index (Phi) is 1.08. The van der Waals surface area contributed by atoms with E-state index in [0.29, 0.717) is 22.3 Å². The third kappa shape index (κ3) is 0.851. The van der Waals surface area contributed by atoms with Crippen LogP contribution in [0.15, 0.2) is 18.7 Å². The van der Waals surface area contributed by atoms with E-state index in [2.05, 4.69) is 30.1 Å². The molecule has 0 aliphatic rings. The Bertz CT molecular complexity index is 521. The van der Waals surface area contributed by atoms with E-state index in [1.54, 1.807) is 12.4 Å². The van der Waals surface area contributed by atoms with Crippen LogP contribution < -0.4 is 0 Å². The molecule has 3 aromatic heterocycles. The number of aromatic amines is 1. The van der Waals surface area contributed by atoms with Gasteiger partial charge in [0.05, 0.1) is 12.4 Å². The molecule has 1 N–H and O–H groups in total. The van der Waals surface area contributed by atoms with Crippen LogP contribution in [0.1, 0.15) is 0 Å². The van der Waals surface area contributed by atoms with Crippen molar-refractivity contribution in [3.8, 4) is 0 Å². The second kappa shape index (κ2) is 2.19. The summed E-state index contributed by atoms with van der Waals surface area (Å²) in [4.78, 5) is 16.3. The summed E-state index contributed by atoms with van der Waals surface area (Å²) in [6, 6.07) is 0. The molecule has 0 saturated heterocycles. The van der Waals surface area contributed by atoms with Gasteiger partial charge in [0.2, 0.25) is 0 Å². The minimum atomic E-state index is 0.587. The molecule has 0 unspecified atom stereocenters. The van der Waals surface area contributed by atoms with Crippen molar-refractivity contribution in [3.05, 3.63) is 18.7 Å². The second-order valence-electron chi connectivity index (χ2n) is 2.56. The molecule has 13 heavy (non-hydrogen) atoms. The van der Waals surface area contributed by atoms with Crippen molar-refractivity contribution in [2.45, 2.75) is 0 Å². The van der Waals surface area contributed by atoms with E-state index in [1.807, 2.05) is 0 Å². The van der Waals surface area contributed by atoms with E-state index < -0.39 is 0 Å². The Morgan fingerprint density at radius 2 is 2.08 bits per heavy atom. The summed E-state index contributed by atoms with van der Waals surface area (Å²) in [5.41, 5.74) is 2.62. The standard InChI is InChI=1S/C7H4N6/c1-4-6(9-3-8-1)11-5-2-10-13-7(5)12-4/h1-3H,(H,10,12,13). The maximum Gasteiger partial charge on any atom is 0.182 e. The van der Waals surface area contributed by atoms with E-state index >= 15 is 0 Å². The van der Waals surface area contributed by atoms with Gasteiger partial charge in [-0.1, -0.05) is 0 Å². The molecule has 0 amide bonds. The first-order valence-corrected chi connectivity index (χ1v) is 3.70. The number of hydrogen-bond donors (Lipinski definition) is 1. The zero-order valence-electron chi connectivity index (χ0n) is 6.47. The van der Waals surface area contributed by atoms with Crippen LogP contribution in [0, 0.1) is 0 Å².